The fourth-order valence-electron chi connectivity index (χ4n) is 2.08. The van der Waals surface area contributed by atoms with Gasteiger partial charge < -0.3 is 15.4 Å². The topological polar surface area (TPSA) is 38.5 Å². The molecular formula is C13H18F2N2O. The van der Waals surface area contributed by atoms with Gasteiger partial charge in [-0.3, -0.25) is 0 Å². The molecule has 0 radical (unpaired) electrons. The second-order valence-electron chi connectivity index (χ2n) is 4.92. The number of rotatable bonds is 3. The van der Waals surface area contributed by atoms with Crippen LogP contribution in [0, 0.1) is 0 Å². The van der Waals surface area contributed by atoms with Gasteiger partial charge in [-0.05, 0) is 26.0 Å². The van der Waals surface area contributed by atoms with Crippen molar-refractivity contribution in [3.8, 4) is 5.75 Å². The van der Waals surface area contributed by atoms with Crippen LogP contribution in [0.15, 0.2) is 18.2 Å². The number of halogens is 2. The zero-order valence-corrected chi connectivity index (χ0v) is 10.6. The summed E-state index contributed by atoms with van der Waals surface area (Å²) in [5, 5.41) is 0. The quantitative estimate of drug-likeness (QED) is 0.845. The summed E-state index contributed by atoms with van der Waals surface area (Å²) >= 11 is 0. The number of nitrogens with two attached hydrogens (primary N) is 1. The number of alkyl halides is 2. The molecule has 0 atom stereocenters. The SMILES string of the molecule is CC(C)Oc1cc(N)ccc1N1CCC(F)(F)C1. The van der Waals surface area contributed by atoms with Crippen LogP contribution in [0.3, 0.4) is 0 Å². The third-order valence-electron chi connectivity index (χ3n) is 2.86. The molecule has 0 amide bonds. The number of hydrogen-bond acceptors (Lipinski definition) is 3. The van der Waals surface area contributed by atoms with E-state index in [2.05, 4.69) is 0 Å². The number of nitrogen functional groups attached to an aromatic ring is 1. The number of hydrogen-bond donors (Lipinski definition) is 1. The number of benzene rings is 1. The van der Waals surface area contributed by atoms with Crippen LogP contribution >= 0.6 is 0 Å². The van der Waals surface area contributed by atoms with E-state index in [1.165, 1.54) is 0 Å². The van der Waals surface area contributed by atoms with Crippen LogP contribution in [0.5, 0.6) is 5.75 Å². The average Bonchev–Trinajstić information content (AvgIpc) is 2.58. The van der Waals surface area contributed by atoms with E-state index in [4.69, 9.17) is 10.5 Å². The van der Waals surface area contributed by atoms with Gasteiger partial charge >= 0.3 is 0 Å². The highest BCUT2D eigenvalue weighted by Gasteiger charge is 2.39. The van der Waals surface area contributed by atoms with Crippen LogP contribution in [-0.4, -0.2) is 25.1 Å². The lowest BCUT2D eigenvalue weighted by Gasteiger charge is -2.23. The summed E-state index contributed by atoms with van der Waals surface area (Å²) < 4.78 is 32.1. The van der Waals surface area contributed by atoms with Crippen molar-refractivity contribution in [2.45, 2.75) is 32.3 Å². The molecule has 0 unspecified atom stereocenters. The number of nitrogens with zero attached hydrogens (tertiary/aromatic N) is 1. The molecule has 0 aromatic heterocycles. The zero-order valence-electron chi connectivity index (χ0n) is 10.6. The molecular weight excluding hydrogens is 238 g/mol. The Kier molecular flexibility index (Phi) is 3.32. The highest BCUT2D eigenvalue weighted by molar-refractivity contribution is 5.64. The highest BCUT2D eigenvalue weighted by atomic mass is 19.3. The average molecular weight is 256 g/mol. The minimum Gasteiger partial charge on any atom is -0.489 e. The van der Waals surface area contributed by atoms with Crippen molar-refractivity contribution < 1.29 is 13.5 Å². The Labute approximate surface area is 106 Å². The molecule has 1 aliphatic rings. The van der Waals surface area contributed by atoms with Gasteiger partial charge in [-0.1, -0.05) is 0 Å². The van der Waals surface area contributed by atoms with E-state index < -0.39 is 5.92 Å². The van der Waals surface area contributed by atoms with Crippen molar-refractivity contribution in [2.75, 3.05) is 23.7 Å². The molecule has 0 spiro atoms. The largest absolute Gasteiger partial charge is 0.489 e. The second-order valence-corrected chi connectivity index (χ2v) is 4.92. The summed E-state index contributed by atoms with van der Waals surface area (Å²) in [5.74, 6) is -2.04. The third kappa shape index (κ3) is 2.83. The minimum absolute atomic E-state index is 0.0198. The van der Waals surface area contributed by atoms with E-state index in [1.807, 2.05) is 13.8 Å². The van der Waals surface area contributed by atoms with Gasteiger partial charge in [0.2, 0.25) is 0 Å². The third-order valence-corrected chi connectivity index (χ3v) is 2.86. The van der Waals surface area contributed by atoms with E-state index in [0.717, 1.165) is 0 Å². The minimum atomic E-state index is -2.61. The van der Waals surface area contributed by atoms with E-state index in [9.17, 15) is 8.78 Å². The van der Waals surface area contributed by atoms with Crippen LogP contribution < -0.4 is 15.4 Å². The molecule has 1 saturated heterocycles. The first kappa shape index (κ1) is 12.9. The fourth-order valence-corrected chi connectivity index (χ4v) is 2.08. The molecule has 2 rings (SSSR count). The fraction of sp³-hybridized carbons (Fsp3) is 0.538. The van der Waals surface area contributed by atoms with Gasteiger partial charge in [0.05, 0.1) is 18.3 Å². The Morgan fingerprint density at radius 3 is 2.67 bits per heavy atom. The van der Waals surface area contributed by atoms with Gasteiger partial charge in [0, 0.05) is 24.7 Å². The Bertz CT molecular complexity index is 435. The summed E-state index contributed by atoms with van der Waals surface area (Å²) in [7, 11) is 0. The van der Waals surface area contributed by atoms with Crippen LogP contribution in [0.1, 0.15) is 20.3 Å². The van der Waals surface area contributed by atoms with Crippen molar-refractivity contribution in [1.29, 1.82) is 0 Å². The summed E-state index contributed by atoms with van der Waals surface area (Å²) in [6.07, 6.45) is -0.132. The molecule has 2 N–H and O–H groups in total. The van der Waals surface area contributed by atoms with Crippen molar-refractivity contribution in [1.82, 2.24) is 0 Å². The maximum Gasteiger partial charge on any atom is 0.266 e. The number of ether oxygens (including phenoxy) is 1. The molecule has 3 nitrogen and oxygen atoms in total. The Hall–Kier alpha value is -1.52. The molecule has 0 saturated carbocycles. The number of anilines is 2. The van der Waals surface area contributed by atoms with Crippen molar-refractivity contribution >= 4 is 11.4 Å². The highest BCUT2D eigenvalue weighted by Crippen LogP contribution is 2.37. The monoisotopic (exact) mass is 256 g/mol. The van der Waals surface area contributed by atoms with Crippen LogP contribution in [0.2, 0.25) is 0 Å². The molecule has 0 bridgehead atoms. The molecule has 1 aromatic rings. The molecule has 0 aliphatic carbocycles. The first-order chi connectivity index (χ1) is 8.37. The van der Waals surface area contributed by atoms with E-state index in [0.29, 0.717) is 23.7 Å². The lowest BCUT2D eigenvalue weighted by Crippen LogP contribution is -2.25. The molecule has 5 heteroatoms. The van der Waals surface area contributed by atoms with E-state index in [-0.39, 0.29) is 19.1 Å². The lowest BCUT2D eigenvalue weighted by molar-refractivity contribution is 0.0257. The predicted molar refractivity (Wildman–Crippen MR) is 68.4 cm³/mol. The van der Waals surface area contributed by atoms with Crippen molar-refractivity contribution in [3.63, 3.8) is 0 Å². The van der Waals surface area contributed by atoms with Gasteiger partial charge in [-0.15, -0.1) is 0 Å². The van der Waals surface area contributed by atoms with Gasteiger partial charge in [-0.2, -0.15) is 0 Å². The standard InChI is InChI=1S/C13H18F2N2O/c1-9(2)18-12-7-10(16)3-4-11(12)17-6-5-13(14,15)8-17/h3-4,7,9H,5-6,8,16H2,1-2H3. The first-order valence-electron chi connectivity index (χ1n) is 6.06. The smallest absolute Gasteiger partial charge is 0.266 e. The van der Waals surface area contributed by atoms with E-state index in [1.54, 1.807) is 23.1 Å². The maximum absolute atomic E-state index is 13.2. The second kappa shape index (κ2) is 4.63. The van der Waals surface area contributed by atoms with Crippen molar-refractivity contribution in [2.24, 2.45) is 0 Å². The maximum atomic E-state index is 13.2. The van der Waals surface area contributed by atoms with E-state index >= 15 is 0 Å². The molecule has 18 heavy (non-hydrogen) atoms. The van der Waals surface area contributed by atoms with Gasteiger partial charge in [0.15, 0.2) is 0 Å². The summed E-state index contributed by atoms with van der Waals surface area (Å²) in [6, 6.07) is 5.14. The molecule has 1 fully saturated rings. The first-order valence-corrected chi connectivity index (χ1v) is 6.06. The predicted octanol–water partition coefficient (Wildman–Crippen LogP) is 2.90. The summed E-state index contributed by atoms with van der Waals surface area (Å²) in [6.45, 7) is 3.87. The normalized spacial score (nSPS) is 18.4. The molecule has 1 aliphatic heterocycles. The zero-order chi connectivity index (χ0) is 13.3. The Morgan fingerprint density at radius 1 is 1.39 bits per heavy atom. The van der Waals surface area contributed by atoms with Crippen LogP contribution in [0.25, 0.3) is 0 Å². The van der Waals surface area contributed by atoms with Crippen molar-refractivity contribution in [3.05, 3.63) is 18.2 Å². The Balaban J connectivity index is 2.27. The molecule has 100 valence electrons. The van der Waals surface area contributed by atoms with Gasteiger partial charge in [0.25, 0.3) is 5.92 Å². The lowest BCUT2D eigenvalue weighted by atomic mass is 10.2. The van der Waals surface area contributed by atoms with Crippen LogP contribution in [0.4, 0.5) is 20.2 Å². The summed E-state index contributed by atoms with van der Waals surface area (Å²) in [5.41, 5.74) is 6.97. The van der Waals surface area contributed by atoms with Crippen LogP contribution in [-0.2, 0) is 0 Å². The summed E-state index contributed by atoms with van der Waals surface area (Å²) in [4.78, 5) is 1.65. The molecule has 1 aromatic carbocycles. The Morgan fingerprint density at radius 2 is 2.11 bits per heavy atom. The van der Waals surface area contributed by atoms with Gasteiger partial charge in [0.1, 0.15) is 5.75 Å². The molecule has 1 heterocycles. The van der Waals surface area contributed by atoms with Gasteiger partial charge in [-0.25, -0.2) is 8.78 Å².